The first-order valence-corrected chi connectivity index (χ1v) is 15.5. The molecule has 0 radical (unpaired) electrons. The summed E-state index contributed by atoms with van der Waals surface area (Å²) in [6, 6.07) is 49.2. The highest BCUT2D eigenvalue weighted by atomic mass is 15.0. The molecule has 8 rings (SSSR count). The predicted molar refractivity (Wildman–Crippen MR) is 189 cm³/mol. The molecule has 0 aliphatic heterocycles. The molecular formula is C42H30N4. The largest absolute Gasteiger partial charge is 0.309 e. The zero-order valence-corrected chi connectivity index (χ0v) is 25.9. The minimum Gasteiger partial charge on any atom is -0.309 e. The van der Waals surface area contributed by atoms with Crippen LogP contribution in [-0.4, -0.2) is 9.13 Å². The molecule has 0 fully saturated rings. The van der Waals surface area contributed by atoms with Gasteiger partial charge in [0.15, 0.2) is 0 Å². The number of hydrogen-bond donors (Lipinski definition) is 0. The third kappa shape index (κ3) is 4.05. The monoisotopic (exact) mass is 590 g/mol. The number of para-hydroxylation sites is 3. The Labute approximate surface area is 267 Å². The van der Waals surface area contributed by atoms with Gasteiger partial charge in [-0.2, -0.15) is 10.5 Å². The Bertz CT molecular complexity index is 2580. The Kier molecular flexibility index (Phi) is 6.11. The topological polar surface area (TPSA) is 57.4 Å². The maximum absolute atomic E-state index is 10.3. The minimum absolute atomic E-state index is 0.362. The standard InChI is InChI=1S/C42H30N4/c1-42(2,3)40-29(25-43)17-18-30(26-44)41(40)46-37-16-10-8-14-33(37)35-24-28(20-22-39(35)46)27-19-21-38-34(23-27)32-13-7-9-15-36(32)45(38)31-11-5-4-6-12-31/h4-24H,1-3H3. The molecule has 0 unspecified atom stereocenters. The summed E-state index contributed by atoms with van der Waals surface area (Å²) >= 11 is 0. The quantitative estimate of drug-likeness (QED) is 0.205. The second kappa shape index (κ2) is 10.2. The zero-order chi connectivity index (χ0) is 31.6. The van der Waals surface area contributed by atoms with Gasteiger partial charge in [-0.05, 0) is 77.2 Å². The average molecular weight is 591 g/mol. The van der Waals surface area contributed by atoms with E-state index in [1.165, 1.54) is 21.8 Å². The van der Waals surface area contributed by atoms with Crippen LogP contribution in [0.4, 0.5) is 0 Å². The molecule has 6 aromatic carbocycles. The van der Waals surface area contributed by atoms with Crippen LogP contribution in [0.2, 0.25) is 0 Å². The molecule has 0 aliphatic rings. The van der Waals surface area contributed by atoms with Crippen molar-refractivity contribution in [2.75, 3.05) is 0 Å². The molecule has 46 heavy (non-hydrogen) atoms. The lowest BCUT2D eigenvalue weighted by atomic mass is 9.81. The van der Waals surface area contributed by atoms with Gasteiger partial charge in [-0.3, -0.25) is 0 Å². The van der Waals surface area contributed by atoms with E-state index in [0.29, 0.717) is 11.1 Å². The van der Waals surface area contributed by atoms with Gasteiger partial charge in [0.2, 0.25) is 0 Å². The van der Waals surface area contributed by atoms with Gasteiger partial charge in [-0.1, -0.05) is 87.5 Å². The Balaban J connectivity index is 1.39. The molecule has 218 valence electrons. The van der Waals surface area contributed by atoms with Crippen LogP contribution in [0.5, 0.6) is 0 Å². The van der Waals surface area contributed by atoms with Crippen LogP contribution < -0.4 is 0 Å². The zero-order valence-electron chi connectivity index (χ0n) is 25.9. The molecule has 4 nitrogen and oxygen atoms in total. The van der Waals surface area contributed by atoms with Gasteiger partial charge in [0, 0.05) is 32.8 Å². The molecule has 0 bridgehead atoms. The maximum Gasteiger partial charge on any atom is 0.101 e. The fraction of sp³-hybridized carbons (Fsp3) is 0.0952. The summed E-state index contributed by atoms with van der Waals surface area (Å²) in [7, 11) is 0. The molecule has 0 saturated heterocycles. The Morgan fingerprint density at radius 2 is 0.957 bits per heavy atom. The van der Waals surface area contributed by atoms with Crippen molar-refractivity contribution in [3.8, 4) is 34.6 Å². The predicted octanol–water partition coefficient (Wildman–Crippen LogP) is 10.6. The van der Waals surface area contributed by atoms with Crippen molar-refractivity contribution in [2.45, 2.75) is 26.2 Å². The van der Waals surface area contributed by atoms with Gasteiger partial charge < -0.3 is 9.13 Å². The summed E-state index contributed by atoms with van der Waals surface area (Å²) in [5.74, 6) is 0. The second-order valence-electron chi connectivity index (χ2n) is 12.9. The van der Waals surface area contributed by atoms with Crippen molar-refractivity contribution in [1.29, 1.82) is 10.5 Å². The van der Waals surface area contributed by atoms with Crippen molar-refractivity contribution in [3.05, 3.63) is 144 Å². The minimum atomic E-state index is -0.362. The number of fused-ring (bicyclic) bond motifs is 6. The van der Waals surface area contributed by atoms with Crippen molar-refractivity contribution >= 4 is 43.6 Å². The summed E-state index contributed by atoms with van der Waals surface area (Å²) < 4.78 is 4.52. The Morgan fingerprint density at radius 1 is 0.478 bits per heavy atom. The molecule has 8 aromatic rings. The van der Waals surface area contributed by atoms with Gasteiger partial charge in [0.1, 0.15) is 6.07 Å². The number of nitriles is 2. The number of hydrogen-bond acceptors (Lipinski definition) is 2. The lowest BCUT2D eigenvalue weighted by Gasteiger charge is -2.26. The van der Waals surface area contributed by atoms with Crippen LogP contribution in [0.25, 0.3) is 66.1 Å². The summed E-state index contributed by atoms with van der Waals surface area (Å²) in [4.78, 5) is 0. The SMILES string of the molecule is CC(C)(C)c1c(C#N)ccc(C#N)c1-n1c2ccccc2c2cc(-c3ccc4c(c3)c3ccccc3n4-c3ccccc3)ccc21. The maximum atomic E-state index is 10.3. The average Bonchev–Trinajstić information content (AvgIpc) is 3.59. The second-order valence-corrected chi connectivity index (χ2v) is 12.9. The normalized spacial score (nSPS) is 11.8. The fourth-order valence-electron chi connectivity index (χ4n) is 7.17. The van der Waals surface area contributed by atoms with E-state index in [2.05, 4.69) is 145 Å². The van der Waals surface area contributed by atoms with Crippen molar-refractivity contribution in [3.63, 3.8) is 0 Å². The highest BCUT2D eigenvalue weighted by Gasteiger charge is 2.28. The Morgan fingerprint density at radius 3 is 1.52 bits per heavy atom. The smallest absolute Gasteiger partial charge is 0.101 e. The first kappa shape index (κ1) is 27.4. The van der Waals surface area contributed by atoms with E-state index < -0.39 is 0 Å². The molecule has 0 N–H and O–H groups in total. The Hall–Kier alpha value is -6.10. The van der Waals surface area contributed by atoms with Gasteiger partial charge >= 0.3 is 0 Å². The van der Waals surface area contributed by atoms with Gasteiger partial charge in [0.05, 0.1) is 45.0 Å². The summed E-state index contributed by atoms with van der Waals surface area (Å²) in [5, 5.41) is 25.1. The van der Waals surface area contributed by atoms with Crippen LogP contribution in [0.1, 0.15) is 37.5 Å². The third-order valence-corrected chi connectivity index (χ3v) is 9.09. The highest BCUT2D eigenvalue weighted by Crippen LogP contribution is 2.41. The lowest BCUT2D eigenvalue weighted by Crippen LogP contribution is -2.18. The molecule has 4 heteroatoms. The highest BCUT2D eigenvalue weighted by molar-refractivity contribution is 6.12. The summed E-state index contributed by atoms with van der Waals surface area (Å²) in [5.41, 5.74) is 10.2. The molecular weight excluding hydrogens is 560 g/mol. The number of nitrogens with zero attached hydrogens (tertiary/aromatic N) is 4. The van der Waals surface area contributed by atoms with Gasteiger partial charge in [-0.25, -0.2) is 0 Å². The summed E-state index contributed by atoms with van der Waals surface area (Å²) in [6.07, 6.45) is 0. The molecule has 0 aliphatic carbocycles. The molecule has 2 aromatic heterocycles. The first-order valence-electron chi connectivity index (χ1n) is 15.5. The fourth-order valence-corrected chi connectivity index (χ4v) is 7.17. The molecule has 2 heterocycles. The van der Waals surface area contributed by atoms with Crippen molar-refractivity contribution in [2.24, 2.45) is 0 Å². The van der Waals surface area contributed by atoms with Crippen molar-refractivity contribution in [1.82, 2.24) is 9.13 Å². The van der Waals surface area contributed by atoms with Crippen LogP contribution in [0.15, 0.2) is 127 Å². The van der Waals surface area contributed by atoms with Crippen LogP contribution >= 0.6 is 0 Å². The van der Waals surface area contributed by atoms with Crippen molar-refractivity contribution < 1.29 is 0 Å². The lowest BCUT2D eigenvalue weighted by molar-refractivity contribution is 0.585. The first-order chi connectivity index (χ1) is 22.4. The summed E-state index contributed by atoms with van der Waals surface area (Å²) in [6.45, 7) is 6.31. The molecule has 0 amide bonds. The van der Waals surface area contributed by atoms with E-state index in [9.17, 15) is 10.5 Å². The van der Waals surface area contributed by atoms with E-state index in [0.717, 1.165) is 49.9 Å². The van der Waals surface area contributed by atoms with Gasteiger partial charge in [0.25, 0.3) is 0 Å². The molecule has 0 spiro atoms. The van der Waals surface area contributed by atoms with Gasteiger partial charge in [-0.15, -0.1) is 0 Å². The molecule has 0 atom stereocenters. The van der Waals surface area contributed by atoms with Crippen LogP contribution in [-0.2, 0) is 5.41 Å². The van der Waals surface area contributed by atoms with E-state index in [1.807, 2.05) is 12.1 Å². The third-order valence-electron chi connectivity index (χ3n) is 9.09. The van der Waals surface area contributed by atoms with Crippen LogP contribution in [0.3, 0.4) is 0 Å². The van der Waals surface area contributed by atoms with Crippen LogP contribution in [0, 0.1) is 22.7 Å². The number of benzene rings is 6. The van der Waals surface area contributed by atoms with E-state index in [1.54, 1.807) is 12.1 Å². The number of aromatic nitrogens is 2. The van der Waals surface area contributed by atoms with E-state index in [-0.39, 0.29) is 5.41 Å². The number of rotatable bonds is 3. The molecule has 0 saturated carbocycles. The van der Waals surface area contributed by atoms with E-state index >= 15 is 0 Å². The van der Waals surface area contributed by atoms with E-state index in [4.69, 9.17) is 0 Å².